The lowest BCUT2D eigenvalue weighted by Gasteiger charge is -2.15. The first-order valence-electron chi connectivity index (χ1n) is 9.17. The fraction of sp³-hybridized carbons (Fsp3) is 0.0870. The predicted molar refractivity (Wildman–Crippen MR) is 131 cm³/mol. The van der Waals surface area contributed by atoms with Crippen LogP contribution in [0, 0.1) is 11.3 Å². The van der Waals surface area contributed by atoms with Crippen LogP contribution < -0.4 is 5.32 Å². The van der Waals surface area contributed by atoms with E-state index in [-0.39, 0.29) is 14.8 Å². The molecule has 0 saturated heterocycles. The smallest absolute Gasteiger partial charge is 0.219 e. The minimum atomic E-state index is -4.00. The van der Waals surface area contributed by atoms with Gasteiger partial charge in [0.15, 0.2) is 4.91 Å². The number of thioether (sulfide) groups is 2. The molecule has 0 unspecified atom stereocenters. The van der Waals surface area contributed by atoms with Crippen LogP contribution in [0.2, 0.25) is 5.02 Å². The van der Waals surface area contributed by atoms with E-state index < -0.39 is 9.84 Å². The molecule has 0 amide bonds. The van der Waals surface area contributed by atoms with Crippen molar-refractivity contribution in [3.8, 4) is 6.07 Å². The Morgan fingerprint density at radius 3 is 2.42 bits per heavy atom. The minimum absolute atomic E-state index is 0.0713. The molecule has 0 aliphatic heterocycles. The van der Waals surface area contributed by atoms with Gasteiger partial charge >= 0.3 is 0 Å². The molecule has 0 heterocycles. The molecule has 1 N–H and O–H groups in total. The number of rotatable bonds is 8. The molecule has 0 bridgehead atoms. The second-order valence-corrected chi connectivity index (χ2v) is 10.5. The van der Waals surface area contributed by atoms with Crippen molar-refractivity contribution in [2.75, 3.05) is 11.6 Å². The van der Waals surface area contributed by atoms with Gasteiger partial charge < -0.3 is 5.32 Å². The Morgan fingerprint density at radius 1 is 1.03 bits per heavy atom. The summed E-state index contributed by atoms with van der Waals surface area (Å²) < 4.78 is 26.5. The average molecular weight is 487 g/mol. The van der Waals surface area contributed by atoms with Crippen LogP contribution in [0.1, 0.15) is 5.56 Å². The van der Waals surface area contributed by atoms with E-state index in [0.29, 0.717) is 16.5 Å². The highest BCUT2D eigenvalue weighted by Crippen LogP contribution is 2.33. The topological polar surface area (TPSA) is 70.0 Å². The van der Waals surface area contributed by atoms with Crippen LogP contribution in [0.15, 0.2) is 98.6 Å². The van der Waals surface area contributed by atoms with Gasteiger partial charge in [0.2, 0.25) is 9.84 Å². The maximum absolute atomic E-state index is 13.2. The quantitative estimate of drug-likeness (QED) is 0.286. The Labute approximate surface area is 196 Å². The second kappa shape index (κ2) is 10.8. The van der Waals surface area contributed by atoms with Crippen LogP contribution in [0.25, 0.3) is 0 Å². The highest BCUT2D eigenvalue weighted by Gasteiger charge is 2.25. The number of anilines is 1. The molecule has 158 valence electrons. The van der Waals surface area contributed by atoms with Gasteiger partial charge in [-0.05, 0) is 48.2 Å². The molecule has 3 rings (SSSR count). The second-order valence-electron chi connectivity index (χ2n) is 6.32. The minimum Gasteiger partial charge on any atom is -0.349 e. The molecule has 0 radical (unpaired) electrons. The van der Waals surface area contributed by atoms with Crippen LogP contribution in [0.4, 0.5) is 5.69 Å². The first-order chi connectivity index (χ1) is 15.0. The number of nitrogens with zero attached hydrogens (tertiary/aromatic N) is 1. The van der Waals surface area contributed by atoms with Gasteiger partial charge in [0, 0.05) is 21.4 Å². The van der Waals surface area contributed by atoms with Gasteiger partial charge in [-0.15, -0.1) is 23.5 Å². The number of halogens is 1. The van der Waals surface area contributed by atoms with Crippen molar-refractivity contribution in [1.82, 2.24) is 0 Å². The molecule has 0 saturated carbocycles. The van der Waals surface area contributed by atoms with Gasteiger partial charge in [-0.2, -0.15) is 5.26 Å². The molecular formula is C23H19ClN2O2S3. The third-order valence-electron chi connectivity index (χ3n) is 4.29. The molecule has 31 heavy (non-hydrogen) atoms. The largest absolute Gasteiger partial charge is 0.349 e. The number of hydrogen-bond donors (Lipinski definition) is 1. The van der Waals surface area contributed by atoms with Crippen LogP contribution in [0.5, 0.6) is 0 Å². The van der Waals surface area contributed by atoms with E-state index in [9.17, 15) is 13.7 Å². The maximum atomic E-state index is 13.2. The van der Waals surface area contributed by atoms with Gasteiger partial charge in [0.25, 0.3) is 0 Å². The Balaban J connectivity index is 2.06. The fourth-order valence-corrected chi connectivity index (χ4v) is 6.04. The van der Waals surface area contributed by atoms with Crippen molar-refractivity contribution in [3.05, 3.63) is 99.4 Å². The standard InChI is InChI=1S/C23H19ClN2O2S3/c1-29-19-10-7-9-18(14-19)26-23(30-16-17-8-5-6-13-21(17)24)22(15-25)31(27,28)20-11-3-2-4-12-20/h2-14,26H,16H2,1H3/b23-22+. The van der Waals surface area contributed by atoms with Gasteiger partial charge in [-0.1, -0.05) is 54.1 Å². The lowest BCUT2D eigenvalue weighted by molar-refractivity contribution is 0.603. The third kappa shape index (κ3) is 5.86. The van der Waals surface area contributed by atoms with E-state index >= 15 is 0 Å². The summed E-state index contributed by atoms with van der Waals surface area (Å²) >= 11 is 9.07. The number of benzene rings is 3. The van der Waals surface area contributed by atoms with Crippen molar-refractivity contribution >= 4 is 50.6 Å². The first-order valence-corrected chi connectivity index (χ1v) is 13.2. The molecule has 0 aliphatic carbocycles. The SMILES string of the molecule is CSc1cccc(N/C(SCc2ccccc2Cl)=C(/C#N)S(=O)(=O)c2ccccc2)c1. The molecule has 0 fully saturated rings. The van der Waals surface area contributed by atoms with E-state index in [1.807, 2.05) is 54.8 Å². The van der Waals surface area contributed by atoms with Gasteiger partial charge in [0.1, 0.15) is 11.1 Å². The summed E-state index contributed by atoms with van der Waals surface area (Å²) in [6.45, 7) is 0. The zero-order valence-corrected chi connectivity index (χ0v) is 19.8. The Morgan fingerprint density at radius 2 is 1.74 bits per heavy atom. The summed E-state index contributed by atoms with van der Waals surface area (Å²) in [6.07, 6.45) is 1.96. The average Bonchev–Trinajstić information content (AvgIpc) is 2.79. The molecule has 4 nitrogen and oxygen atoms in total. The van der Waals surface area contributed by atoms with Crippen molar-refractivity contribution in [1.29, 1.82) is 5.26 Å². The summed E-state index contributed by atoms with van der Waals surface area (Å²) in [7, 11) is -4.00. The highest BCUT2D eigenvalue weighted by atomic mass is 35.5. The summed E-state index contributed by atoms with van der Waals surface area (Å²) in [5.74, 6) is 0.402. The van der Waals surface area contributed by atoms with E-state index in [1.165, 1.54) is 23.9 Å². The van der Waals surface area contributed by atoms with Crippen LogP contribution in [-0.4, -0.2) is 14.7 Å². The third-order valence-corrected chi connectivity index (χ3v) is 8.29. The Bertz CT molecular complexity index is 1240. The highest BCUT2D eigenvalue weighted by molar-refractivity contribution is 8.04. The monoisotopic (exact) mass is 486 g/mol. The zero-order valence-electron chi connectivity index (χ0n) is 16.6. The number of hydrogen-bond acceptors (Lipinski definition) is 6. The van der Waals surface area contributed by atoms with E-state index in [2.05, 4.69) is 5.32 Å². The lowest BCUT2D eigenvalue weighted by atomic mass is 10.2. The van der Waals surface area contributed by atoms with Crippen molar-refractivity contribution in [3.63, 3.8) is 0 Å². The van der Waals surface area contributed by atoms with Crippen molar-refractivity contribution < 1.29 is 8.42 Å². The molecule has 3 aromatic rings. The molecule has 0 atom stereocenters. The number of allylic oxidation sites excluding steroid dienone is 1. The van der Waals surface area contributed by atoms with Crippen LogP contribution >= 0.6 is 35.1 Å². The maximum Gasteiger partial charge on any atom is 0.219 e. The van der Waals surface area contributed by atoms with E-state index in [4.69, 9.17) is 11.6 Å². The van der Waals surface area contributed by atoms with E-state index in [0.717, 1.165) is 10.5 Å². The number of nitriles is 1. The lowest BCUT2D eigenvalue weighted by Crippen LogP contribution is -2.10. The molecule has 0 aliphatic rings. The van der Waals surface area contributed by atoms with Gasteiger partial charge in [-0.25, -0.2) is 8.42 Å². The van der Waals surface area contributed by atoms with Gasteiger partial charge in [-0.3, -0.25) is 0 Å². The summed E-state index contributed by atoms with van der Waals surface area (Å²) in [5, 5.41) is 13.8. The first kappa shape index (κ1) is 23.3. The van der Waals surface area contributed by atoms with E-state index in [1.54, 1.807) is 36.0 Å². The molecule has 0 aromatic heterocycles. The fourth-order valence-electron chi connectivity index (χ4n) is 2.71. The molecule has 0 spiro atoms. The number of sulfone groups is 1. The van der Waals surface area contributed by atoms with Crippen molar-refractivity contribution in [2.24, 2.45) is 0 Å². The number of nitrogens with one attached hydrogen (secondary N) is 1. The zero-order chi connectivity index (χ0) is 22.3. The van der Waals surface area contributed by atoms with Gasteiger partial charge in [0.05, 0.1) is 4.90 Å². The summed E-state index contributed by atoms with van der Waals surface area (Å²) in [5.41, 5.74) is 1.55. The molecular weight excluding hydrogens is 468 g/mol. The Kier molecular flexibility index (Phi) is 8.10. The molecule has 8 heteroatoms. The summed E-state index contributed by atoms with van der Waals surface area (Å²) in [4.78, 5) is 0.761. The van der Waals surface area contributed by atoms with Crippen LogP contribution in [-0.2, 0) is 15.6 Å². The Hall–Kier alpha value is -2.37. The summed E-state index contributed by atoms with van der Waals surface area (Å²) in [6, 6.07) is 24.8. The normalized spacial score (nSPS) is 12.0. The molecule has 3 aromatic carbocycles. The predicted octanol–water partition coefficient (Wildman–Crippen LogP) is 6.57. The van der Waals surface area contributed by atoms with Crippen LogP contribution in [0.3, 0.4) is 0 Å². The van der Waals surface area contributed by atoms with Crippen molar-refractivity contribution in [2.45, 2.75) is 15.5 Å².